The van der Waals surface area contributed by atoms with Crippen LogP contribution in [0, 0.1) is 0 Å². The second kappa shape index (κ2) is 9.39. The Kier molecular flexibility index (Phi) is 7.22. The van der Waals surface area contributed by atoms with E-state index < -0.39 is 0 Å². The molecule has 0 saturated heterocycles. The van der Waals surface area contributed by atoms with Crippen LogP contribution in [0.5, 0.6) is 5.75 Å². The Labute approximate surface area is 159 Å². The van der Waals surface area contributed by atoms with Crippen molar-refractivity contribution in [3.63, 3.8) is 0 Å². The number of aryl methyl sites for hydroxylation is 1. The first-order valence-electron chi connectivity index (χ1n) is 8.69. The minimum absolute atomic E-state index is 0.101. The molecule has 0 aliphatic carbocycles. The van der Waals surface area contributed by atoms with Gasteiger partial charge in [-0.15, -0.1) is 0 Å². The van der Waals surface area contributed by atoms with E-state index in [1.807, 2.05) is 19.1 Å². The quantitative estimate of drug-likeness (QED) is 0.679. The summed E-state index contributed by atoms with van der Waals surface area (Å²) in [5.74, 6) is 0.134. The van der Waals surface area contributed by atoms with Gasteiger partial charge in [-0.3, -0.25) is 9.59 Å². The number of hydrogen-bond acceptors (Lipinski definition) is 3. The molecule has 138 valence electrons. The third-order valence-electron chi connectivity index (χ3n) is 4.31. The van der Waals surface area contributed by atoms with Gasteiger partial charge in [-0.2, -0.15) is 0 Å². The van der Waals surface area contributed by atoms with E-state index in [0.29, 0.717) is 16.3 Å². The van der Waals surface area contributed by atoms with E-state index in [0.717, 1.165) is 12.0 Å². The molecule has 1 amide bonds. The van der Waals surface area contributed by atoms with Crippen molar-refractivity contribution in [2.75, 3.05) is 7.11 Å². The largest absolute Gasteiger partial charge is 0.496 e. The molecule has 2 aromatic rings. The smallest absolute Gasteiger partial charge is 0.220 e. The predicted octanol–water partition coefficient (Wildman–Crippen LogP) is 4.75. The Hall–Kier alpha value is -2.33. The zero-order chi connectivity index (χ0) is 19.1. The van der Waals surface area contributed by atoms with Crippen molar-refractivity contribution >= 4 is 23.3 Å². The number of amides is 1. The number of carbonyl (C=O) groups excluding carboxylic acids is 2. The maximum absolute atomic E-state index is 12.4. The molecule has 0 spiro atoms. The van der Waals surface area contributed by atoms with E-state index in [1.165, 1.54) is 12.7 Å². The first-order chi connectivity index (χ1) is 12.4. The molecule has 0 heterocycles. The third kappa shape index (κ3) is 5.33. The van der Waals surface area contributed by atoms with E-state index in [-0.39, 0.29) is 30.6 Å². The average molecular weight is 374 g/mol. The summed E-state index contributed by atoms with van der Waals surface area (Å²) in [6.45, 7) is 4.03. The van der Waals surface area contributed by atoms with Crippen LogP contribution in [-0.4, -0.2) is 18.8 Å². The Morgan fingerprint density at radius 3 is 2.42 bits per heavy atom. The number of ether oxygens (including phenoxy) is 1. The number of halogens is 1. The highest BCUT2D eigenvalue weighted by atomic mass is 35.5. The van der Waals surface area contributed by atoms with Crippen LogP contribution >= 0.6 is 11.6 Å². The standard InChI is InChI=1S/C21H24ClNO3/c1-4-15-5-7-16(8-6-15)14(2)23-21(25)12-10-19(24)18-13-17(22)9-11-20(18)26-3/h5-9,11,13-14H,4,10,12H2,1-3H3,(H,23,25). The number of hydrogen-bond donors (Lipinski definition) is 1. The fourth-order valence-corrected chi connectivity index (χ4v) is 2.87. The highest BCUT2D eigenvalue weighted by Crippen LogP contribution is 2.24. The molecule has 0 fully saturated rings. The van der Waals surface area contributed by atoms with E-state index in [4.69, 9.17) is 16.3 Å². The van der Waals surface area contributed by atoms with Crippen LogP contribution < -0.4 is 10.1 Å². The van der Waals surface area contributed by atoms with Crippen molar-refractivity contribution < 1.29 is 14.3 Å². The number of carbonyl (C=O) groups is 2. The summed E-state index contributed by atoms with van der Waals surface area (Å²) in [7, 11) is 1.50. The molecule has 1 unspecified atom stereocenters. The fourth-order valence-electron chi connectivity index (χ4n) is 2.70. The molecule has 1 atom stereocenters. The summed E-state index contributed by atoms with van der Waals surface area (Å²) in [5, 5.41) is 3.39. The van der Waals surface area contributed by atoms with Crippen molar-refractivity contribution in [3.05, 3.63) is 64.2 Å². The number of nitrogens with one attached hydrogen (secondary N) is 1. The topological polar surface area (TPSA) is 55.4 Å². The summed E-state index contributed by atoms with van der Waals surface area (Å²) in [6.07, 6.45) is 1.20. The highest BCUT2D eigenvalue weighted by Gasteiger charge is 2.16. The third-order valence-corrected chi connectivity index (χ3v) is 4.54. The van der Waals surface area contributed by atoms with Gasteiger partial charge in [0.05, 0.1) is 18.7 Å². The van der Waals surface area contributed by atoms with Crippen LogP contribution in [0.4, 0.5) is 0 Å². The molecule has 4 nitrogen and oxygen atoms in total. The SMILES string of the molecule is CCc1ccc(C(C)NC(=O)CCC(=O)c2cc(Cl)ccc2OC)cc1. The molecule has 26 heavy (non-hydrogen) atoms. The molecule has 0 aliphatic rings. The molecule has 0 aromatic heterocycles. The van der Waals surface area contributed by atoms with Gasteiger partial charge in [-0.25, -0.2) is 0 Å². The van der Waals surface area contributed by atoms with Crippen LogP contribution in [0.25, 0.3) is 0 Å². The minimum Gasteiger partial charge on any atom is -0.496 e. The molecule has 0 bridgehead atoms. The van der Waals surface area contributed by atoms with Crippen LogP contribution in [0.3, 0.4) is 0 Å². The predicted molar refractivity (Wildman–Crippen MR) is 104 cm³/mol. The van der Waals surface area contributed by atoms with Gasteiger partial charge in [0.2, 0.25) is 5.91 Å². The fraction of sp³-hybridized carbons (Fsp3) is 0.333. The van der Waals surface area contributed by atoms with Gasteiger partial charge in [0.1, 0.15) is 5.75 Å². The number of methoxy groups -OCH3 is 1. The zero-order valence-electron chi connectivity index (χ0n) is 15.3. The first kappa shape index (κ1) is 20.0. The number of rotatable bonds is 8. The van der Waals surface area contributed by atoms with E-state index in [9.17, 15) is 9.59 Å². The molecule has 2 rings (SSSR count). The molecule has 5 heteroatoms. The van der Waals surface area contributed by atoms with Crippen LogP contribution in [0.1, 0.15) is 54.2 Å². The number of Topliss-reactive ketones (excluding diaryl/α,β-unsaturated/α-hetero) is 1. The van der Waals surface area contributed by atoms with E-state index >= 15 is 0 Å². The van der Waals surface area contributed by atoms with Crippen molar-refractivity contribution in [1.82, 2.24) is 5.32 Å². The lowest BCUT2D eigenvalue weighted by molar-refractivity contribution is -0.121. The van der Waals surface area contributed by atoms with Crippen molar-refractivity contribution in [2.45, 2.75) is 39.2 Å². The van der Waals surface area contributed by atoms with Gasteiger partial charge in [-0.05, 0) is 42.7 Å². The van der Waals surface area contributed by atoms with Gasteiger partial charge in [-0.1, -0.05) is 42.8 Å². The summed E-state index contributed by atoms with van der Waals surface area (Å²) < 4.78 is 5.19. The lowest BCUT2D eigenvalue weighted by Gasteiger charge is -2.15. The number of ketones is 1. The monoisotopic (exact) mass is 373 g/mol. The molecule has 0 saturated carbocycles. The van der Waals surface area contributed by atoms with Crippen LogP contribution in [0.15, 0.2) is 42.5 Å². The maximum atomic E-state index is 12.4. The van der Waals surface area contributed by atoms with Crippen LogP contribution in [-0.2, 0) is 11.2 Å². The Bertz CT molecular complexity index is 771. The van der Waals surface area contributed by atoms with Crippen LogP contribution in [0.2, 0.25) is 5.02 Å². The van der Waals surface area contributed by atoms with E-state index in [2.05, 4.69) is 24.4 Å². The Morgan fingerprint density at radius 2 is 1.81 bits per heavy atom. The zero-order valence-corrected chi connectivity index (χ0v) is 16.1. The lowest BCUT2D eigenvalue weighted by atomic mass is 10.0. The van der Waals surface area contributed by atoms with Crippen molar-refractivity contribution in [2.24, 2.45) is 0 Å². The summed E-state index contributed by atoms with van der Waals surface area (Å²) in [6, 6.07) is 12.9. The van der Waals surface area contributed by atoms with Crippen molar-refractivity contribution in [3.8, 4) is 5.75 Å². The van der Waals surface area contributed by atoms with Gasteiger partial charge in [0.25, 0.3) is 0 Å². The second-order valence-electron chi connectivity index (χ2n) is 6.15. The molecule has 0 aliphatic heterocycles. The summed E-state index contributed by atoms with van der Waals surface area (Å²) >= 11 is 5.95. The highest BCUT2D eigenvalue weighted by molar-refractivity contribution is 6.31. The molecule has 1 N–H and O–H groups in total. The summed E-state index contributed by atoms with van der Waals surface area (Å²) in [5.41, 5.74) is 2.70. The first-order valence-corrected chi connectivity index (χ1v) is 9.07. The second-order valence-corrected chi connectivity index (χ2v) is 6.59. The Morgan fingerprint density at radius 1 is 1.12 bits per heavy atom. The molecule has 0 radical (unpaired) electrons. The minimum atomic E-state index is -0.167. The summed E-state index contributed by atoms with van der Waals surface area (Å²) in [4.78, 5) is 24.6. The average Bonchev–Trinajstić information content (AvgIpc) is 2.66. The van der Waals surface area contributed by atoms with E-state index in [1.54, 1.807) is 18.2 Å². The molecular weight excluding hydrogens is 350 g/mol. The van der Waals surface area contributed by atoms with Gasteiger partial charge >= 0.3 is 0 Å². The van der Waals surface area contributed by atoms with Gasteiger partial charge < -0.3 is 10.1 Å². The number of benzene rings is 2. The molecule has 2 aromatic carbocycles. The lowest BCUT2D eigenvalue weighted by Crippen LogP contribution is -2.27. The van der Waals surface area contributed by atoms with Gasteiger partial charge in [0.15, 0.2) is 5.78 Å². The maximum Gasteiger partial charge on any atom is 0.220 e. The van der Waals surface area contributed by atoms with Crippen molar-refractivity contribution in [1.29, 1.82) is 0 Å². The Balaban J connectivity index is 1.91. The normalized spacial score (nSPS) is 11.7. The molecular formula is C21H24ClNO3. The van der Waals surface area contributed by atoms with Gasteiger partial charge in [0, 0.05) is 17.9 Å².